The number of carbonyl (C=O) groups is 1. The summed E-state index contributed by atoms with van der Waals surface area (Å²) in [5.74, 6) is -0.175. The summed E-state index contributed by atoms with van der Waals surface area (Å²) in [7, 11) is 3.73. The van der Waals surface area contributed by atoms with E-state index in [0.717, 1.165) is 15.6 Å². The lowest BCUT2D eigenvalue weighted by atomic mass is 10.3. The molecule has 0 N–H and O–H groups in total. The van der Waals surface area contributed by atoms with Gasteiger partial charge in [0, 0.05) is 32.1 Å². The van der Waals surface area contributed by atoms with E-state index in [1.807, 2.05) is 43.1 Å². The molecule has 9 heteroatoms. The third-order valence-electron chi connectivity index (χ3n) is 4.95. The molecule has 1 aromatic carbocycles. The van der Waals surface area contributed by atoms with Gasteiger partial charge in [-0.05, 0) is 31.3 Å². The van der Waals surface area contributed by atoms with Crippen molar-refractivity contribution in [2.45, 2.75) is 18.4 Å². The molecule has 2 aromatic rings. The van der Waals surface area contributed by atoms with Gasteiger partial charge in [-0.1, -0.05) is 30.0 Å². The van der Waals surface area contributed by atoms with Gasteiger partial charge in [0.25, 0.3) is 11.5 Å². The van der Waals surface area contributed by atoms with Crippen molar-refractivity contribution < 1.29 is 4.79 Å². The fraction of sp³-hybridized carbons (Fsp3) is 0.250. The first-order valence-electron chi connectivity index (χ1n) is 9.10. The van der Waals surface area contributed by atoms with E-state index in [-0.39, 0.29) is 11.5 Å². The Morgan fingerprint density at radius 1 is 1.17 bits per heavy atom. The summed E-state index contributed by atoms with van der Waals surface area (Å²) < 4.78 is 2.83. The minimum atomic E-state index is -0.175. The lowest BCUT2D eigenvalue weighted by Gasteiger charge is -2.13. The van der Waals surface area contributed by atoms with Crippen LogP contribution in [0.5, 0.6) is 0 Å². The molecule has 0 atom stereocenters. The zero-order valence-corrected chi connectivity index (χ0v) is 18.8. The topological polar surface area (TPSA) is 48.8 Å². The normalized spacial score (nSPS) is 20.0. The van der Waals surface area contributed by atoms with E-state index in [1.54, 1.807) is 39.3 Å². The highest BCUT2D eigenvalue weighted by molar-refractivity contribution is 8.08. The molecule has 3 heterocycles. The highest BCUT2D eigenvalue weighted by Gasteiger charge is 2.36. The standard InChI is InChI=1S/C20H20N4O2S3/c1-5-11-24-17(26)15(19-21(3)12-9-7-8-10-13(12)28-19)29-18(24)14-16(25)23(6-2)20(27)22(14)4/h5,7-10H,1,6,11H2,2-4H3/b18-14-,19-15-. The first kappa shape index (κ1) is 19.9. The molecular formula is C20H20N4O2S3. The predicted molar refractivity (Wildman–Crippen MR) is 123 cm³/mol. The van der Waals surface area contributed by atoms with Crippen LogP contribution >= 0.6 is 35.3 Å². The van der Waals surface area contributed by atoms with Crippen LogP contribution in [-0.4, -0.2) is 46.0 Å². The maximum Gasteiger partial charge on any atom is 0.279 e. The monoisotopic (exact) mass is 444 g/mol. The smallest absolute Gasteiger partial charge is 0.279 e. The molecule has 1 saturated heterocycles. The van der Waals surface area contributed by atoms with Gasteiger partial charge in [0.15, 0.2) is 5.11 Å². The number of thiocarbonyl (C=S) groups is 1. The molecule has 29 heavy (non-hydrogen) atoms. The summed E-state index contributed by atoms with van der Waals surface area (Å²) in [6, 6.07) is 8.05. The second-order valence-electron chi connectivity index (χ2n) is 6.61. The lowest BCUT2D eigenvalue weighted by molar-refractivity contribution is -0.120. The molecule has 0 unspecified atom stereocenters. The average molecular weight is 445 g/mol. The number of amides is 1. The number of benzene rings is 1. The summed E-state index contributed by atoms with van der Waals surface area (Å²) in [6.45, 7) is 6.47. The van der Waals surface area contributed by atoms with Gasteiger partial charge in [-0.15, -0.1) is 17.9 Å². The van der Waals surface area contributed by atoms with E-state index in [2.05, 4.69) is 6.58 Å². The molecule has 0 aliphatic carbocycles. The second kappa shape index (κ2) is 7.47. The van der Waals surface area contributed by atoms with E-state index in [4.69, 9.17) is 12.2 Å². The van der Waals surface area contributed by atoms with Crippen LogP contribution in [0.3, 0.4) is 0 Å². The Balaban J connectivity index is 2.03. The van der Waals surface area contributed by atoms with Crippen molar-refractivity contribution in [1.82, 2.24) is 14.4 Å². The van der Waals surface area contributed by atoms with Gasteiger partial charge in [0.1, 0.15) is 19.9 Å². The molecule has 4 rings (SSSR count). The summed E-state index contributed by atoms with van der Waals surface area (Å²) in [5.41, 5.74) is 1.38. The highest BCUT2D eigenvalue weighted by Crippen LogP contribution is 2.44. The number of hydrogen-bond acceptors (Lipinski definition) is 6. The third-order valence-corrected chi connectivity index (χ3v) is 7.99. The number of hydrogen-bond donors (Lipinski definition) is 0. The Hall–Kier alpha value is -2.36. The van der Waals surface area contributed by atoms with Crippen molar-refractivity contribution in [3.8, 4) is 0 Å². The van der Waals surface area contributed by atoms with E-state index >= 15 is 0 Å². The molecular weight excluding hydrogens is 424 g/mol. The summed E-state index contributed by atoms with van der Waals surface area (Å²) >= 11 is 8.33. The molecule has 2 aliphatic rings. The van der Waals surface area contributed by atoms with Gasteiger partial charge in [-0.25, -0.2) is 0 Å². The van der Waals surface area contributed by atoms with Crippen LogP contribution < -0.4 is 19.7 Å². The van der Waals surface area contributed by atoms with Gasteiger partial charge in [-0.3, -0.25) is 19.1 Å². The fourth-order valence-corrected chi connectivity index (χ4v) is 6.30. The minimum absolute atomic E-state index is 0.123. The number of anilines is 1. The molecule has 2 aliphatic heterocycles. The van der Waals surface area contributed by atoms with E-state index in [1.165, 1.54) is 11.3 Å². The fourth-order valence-electron chi connectivity index (χ4n) is 3.47. The minimum Gasteiger partial charge on any atom is -0.337 e. The molecule has 0 saturated carbocycles. The number of rotatable bonds is 3. The number of carbonyl (C=O) groups excluding carboxylic acids is 1. The van der Waals surface area contributed by atoms with Crippen LogP contribution in [0.4, 0.5) is 5.69 Å². The number of likely N-dealkylation sites (N-methyl/N-ethyl adjacent to an activating group) is 2. The van der Waals surface area contributed by atoms with Gasteiger partial charge < -0.3 is 9.80 Å². The van der Waals surface area contributed by atoms with Crippen LogP contribution in [0, 0.1) is 0 Å². The largest absolute Gasteiger partial charge is 0.337 e. The van der Waals surface area contributed by atoms with Crippen molar-refractivity contribution in [1.29, 1.82) is 0 Å². The molecule has 6 nitrogen and oxygen atoms in total. The number of thiazole rings is 1. The van der Waals surface area contributed by atoms with Crippen LogP contribution in [0.25, 0.3) is 10.7 Å². The average Bonchev–Trinajstić information content (AvgIpc) is 3.28. The SMILES string of the molecule is C=CCn1c(=O)/c(=C2/Sc3ccccc3N2C)s/c1=C1/C(=O)N(CC)C(=S)N1C. The quantitative estimate of drug-likeness (QED) is 0.529. The molecule has 0 bridgehead atoms. The van der Waals surface area contributed by atoms with Crippen LogP contribution in [0.15, 0.2) is 46.6 Å². The molecule has 1 amide bonds. The zero-order chi connectivity index (χ0) is 20.9. The lowest BCUT2D eigenvalue weighted by Crippen LogP contribution is -2.35. The molecule has 0 spiro atoms. The number of thioether (sulfide) groups is 1. The van der Waals surface area contributed by atoms with Crippen molar-refractivity contribution in [2.75, 3.05) is 25.5 Å². The third kappa shape index (κ3) is 2.95. The van der Waals surface area contributed by atoms with E-state index in [0.29, 0.717) is 33.1 Å². The van der Waals surface area contributed by atoms with E-state index in [9.17, 15) is 9.59 Å². The maximum absolute atomic E-state index is 13.3. The number of fused-ring (bicyclic) bond motifs is 1. The van der Waals surface area contributed by atoms with E-state index < -0.39 is 0 Å². The second-order valence-corrected chi connectivity index (χ2v) is 9.01. The first-order chi connectivity index (χ1) is 13.9. The van der Waals surface area contributed by atoms with Crippen LogP contribution in [0.1, 0.15) is 6.92 Å². The van der Waals surface area contributed by atoms with Crippen molar-refractivity contribution in [3.63, 3.8) is 0 Å². The van der Waals surface area contributed by atoms with Crippen molar-refractivity contribution in [3.05, 3.63) is 56.5 Å². The Kier molecular flexibility index (Phi) is 5.14. The molecule has 0 radical (unpaired) electrons. The van der Waals surface area contributed by atoms with Gasteiger partial charge >= 0.3 is 0 Å². The molecule has 1 fully saturated rings. The summed E-state index contributed by atoms with van der Waals surface area (Å²) in [6.07, 6.45) is 1.67. The zero-order valence-electron chi connectivity index (χ0n) is 16.3. The number of aromatic nitrogens is 1. The Bertz CT molecular complexity index is 1230. The first-order valence-corrected chi connectivity index (χ1v) is 11.1. The Morgan fingerprint density at radius 2 is 1.90 bits per heavy atom. The Morgan fingerprint density at radius 3 is 2.52 bits per heavy atom. The van der Waals surface area contributed by atoms with Crippen molar-refractivity contribution >= 4 is 62.7 Å². The van der Waals surface area contributed by atoms with Gasteiger partial charge in [0.2, 0.25) is 0 Å². The van der Waals surface area contributed by atoms with Crippen LogP contribution in [0.2, 0.25) is 0 Å². The summed E-state index contributed by atoms with van der Waals surface area (Å²) in [5, 5.41) is 1.32. The number of para-hydroxylation sites is 1. The van der Waals surface area contributed by atoms with Gasteiger partial charge in [0.05, 0.1) is 5.69 Å². The van der Waals surface area contributed by atoms with Crippen molar-refractivity contribution in [2.24, 2.45) is 0 Å². The maximum atomic E-state index is 13.3. The number of nitrogens with zero attached hydrogens (tertiary/aromatic N) is 4. The molecule has 1 aromatic heterocycles. The highest BCUT2D eigenvalue weighted by atomic mass is 32.2. The van der Waals surface area contributed by atoms with Crippen LogP contribution in [-0.2, 0) is 11.3 Å². The summed E-state index contributed by atoms with van der Waals surface area (Å²) in [4.78, 5) is 32.7. The van der Waals surface area contributed by atoms with Gasteiger partial charge in [-0.2, -0.15) is 0 Å². The molecule has 150 valence electrons. The number of allylic oxidation sites excluding steroid dienone is 1. The Labute approximate surface area is 182 Å². The predicted octanol–water partition coefficient (Wildman–Crippen LogP) is 1.59.